The van der Waals surface area contributed by atoms with Gasteiger partial charge >= 0.3 is 0 Å². The van der Waals surface area contributed by atoms with Gasteiger partial charge in [0, 0.05) is 6.54 Å². The molecule has 1 rings (SSSR count). The van der Waals surface area contributed by atoms with Crippen molar-refractivity contribution in [3.05, 3.63) is 28.8 Å². The topological polar surface area (TPSA) is 64.3 Å². The number of amides is 1. The van der Waals surface area contributed by atoms with Gasteiger partial charge in [-0.15, -0.1) is 0 Å². The van der Waals surface area contributed by atoms with Crippen LogP contribution >= 0.6 is 11.6 Å². The molecule has 0 unspecified atom stereocenters. The molecule has 1 aromatic rings. The second-order valence-electron chi connectivity index (χ2n) is 5.53. The number of benzene rings is 1. The molecule has 106 valence electrons. The minimum atomic E-state index is -0.541. The highest BCUT2D eigenvalue weighted by Crippen LogP contribution is 2.25. The summed E-state index contributed by atoms with van der Waals surface area (Å²) in [7, 11) is 1.56. The van der Waals surface area contributed by atoms with Gasteiger partial charge in [0.05, 0.1) is 18.2 Å². The molecule has 0 aliphatic rings. The molecule has 0 fully saturated rings. The molecule has 0 saturated heterocycles. The molecular weight excluding hydrogens is 264 g/mol. The van der Waals surface area contributed by atoms with Crippen LogP contribution in [0.25, 0.3) is 0 Å². The molecule has 3 N–H and O–H groups in total. The maximum absolute atomic E-state index is 11.9. The highest BCUT2D eigenvalue weighted by Gasteiger charge is 2.27. The third-order valence-corrected chi connectivity index (χ3v) is 3.19. The molecule has 1 atom stereocenters. The van der Waals surface area contributed by atoms with E-state index in [4.69, 9.17) is 22.1 Å². The molecule has 0 aliphatic carbocycles. The zero-order chi connectivity index (χ0) is 14.6. The third-order valence-electron chi connectivity index (χ3n) is 2.90. The predicted molar refractivity (Wildman–Crippen MR) is 77.3 cm³/mol. The normalized spacial score (nSPS) is 12.9. The molecule has 5 heteroatoms. The van der Waals surface area contributed by atoms with E-state index in [-0.39, 0.29) is 11.3 Å². The largest absolute Gasteiger partial charge is 0.495 e. The lowest BCUT2D eigenvalue weighted by atomic mass is 9.87. The monoisotopic (exact) mass is 284 g/mol. The number of carbonyl (C=O) groups excluding carboxylic acids is 1. The highest BCUT2D eigenvalue weighted by molar-refractivity contribution is 6.32. The van der Waals surface area contributed by atoms with E-state index in [9.17, 15) is 4.79 Å². The molecule has 1 aromatic carbocycles. The van der Waals surface area contributed by atoms with Gasteiger partial charge in [-0.2, -0.15) is 0 Å². The predicted octanol–water partition coefficient (Wildman–Crippen LogP) is 2.34. The molecule has 0 bridgehead atoms. The first-order chi connectivity index (χ1) is 8.75. The van der Waals surface area contributed by atoms with Crippen LogP contribution in [0.1, 0.15) is 26.3 Å². The number of carbonyl (C=O) groups is 1. The maximum Gasteiger partial charge on any atom is 0.237 e. The molecule has 0 aliphatic heterocycles. The summed E-state index contributed by atoms with van der Waals surface area (Å²) >= 11 is 6.02. The van der Waals surface area contributed by atoms with Gasteiger partial charge in [0.15, 0.2) is 0 Å². The number of rotatable bonds is 4. The molecule has 0 radical (unpaired) electrons. The Morgan fingerprint density at radius 3 is 2.58 bits per heavy atom. The van der Waals surface area contributed by atoms with Crippen LogP contribution in [0.15, 0.2) is 18.2 Å². The summed E-state index contributed by atoms with van der Waals surface area (Å²) < 4.78 is 5.07. The first-order valence-electron chi connectivity index (χ1n) is 6.11. The van der Waals surface area contributed by atoms with Crippen molar-refractivity contribution in [3.8, 4) is 5.75 Å². The number of nitrogens with two attached hydrogens (primary N) is 1. The maximum atomic E-state index is 11.9. The van der Waals surface area contributed by atoms with E-state index < -0.39 is 6.04 Å². The lowest BCUT2D eigenvalue weighted by molar-refractivity contribution is -0.124. The summed E-state index contributed by atoms with van der Waals surface area (Å²) in [4.78, 5) is 11.9. The Kier molecular flexibility index (Phi) is 5.20. The van der Waals surface area contributed by atoms with Crippen molar-refractivity contribution in [2.75, 3.05) is 7.11 Å². The number of nitrogens with one attached hydrogen (secondary N) is 1. The number of hydrogen-bond donors (Lipinski definition) is 2. The Morgan fingerprint density at radius 2 is 2.11 bits per heavy atom. The first kappa shape index (κ1) is 15.8. The van der Waals surface area contributed by atoms with E-state index in [2.05, 4.69) is 5.32 Å². The second-order valence-corrected chi connectivity index (χ2v) is 5.94. The summed E-state index contributed by atoms with van der Waals surface area (Å²) in [5, 5.41) is 3.33. The van der Waals surface area contributed by atoms with Gasteiger partial charge in [-0.25, -0.2) is 0 Å². The Balaban J connectivity index is 2.62. The molecule has 0 aromatic heterocycles. The number of methoxy groups -OCH3 is 1. The number of ether oxygens (including phenoxy) is 1. The first-order valence-corrected chi connectivity index (χ1v) is 6.49. The van der Waals surface area contributed by atoms with E-state index >= 15 is 0 Å². The molecule has 0 saturated carbocycles. The Labute approximate surface area is 119 Å². The van der Waals surface area contributed by atoms with E-state index in [1.54, 1.807) is 19.2 Å². The average molecular weight is 285 g/mol. The summed E-state index contributed by atoms with van der Waals surface area (Å²) in [6.07, 6.45) is 0. The van der Waals surface area contributed by atoms with Gasteiger partial charge in [0.2, 0.25) is 5.91 Å². The van der Waals surface area contributed by atoms with Crippen LogP contribution < -0.4 is 15.8 Å². The Morgan fingerprint density at radius 1 is 1.47 bits per heavy atom. The van der Waals surface area contributed by atoms with Crippen LogP contribution in [0.4, 0.5) is 0 Å². The number of halogens is 1. The van der Waals surface area contributed by atoms with Gasteiger partial charge in [-0.05, 0) is 23.1 Å². The quantitative estimate of drug-likeness (QED) is 0.892. The fourth-order valence-corrected chi connectivity index (χ4v) is 1.79. The van der Waals surface area contributed by atoms with Crippen molar-refractivity contribution < 1.29 is 9.53 Å². The van der Waals surface area contributed by atoms with Crippen molar-refractivity contribution in [3.63, 3.8) is 0 Å². The van der Waals surface area contributed by atoms with Crippen LogP contribution in [0.2, 0.25) is 5.02 Å². The van der Waals surface area contributed by atoms with E-state index in [0.717, 1.165) is 5.56 Å². The van der Waals surface area contributed by atoms with Gasteiger partial charge in [-0.1, -0.05) is 38.4 Å². The van der Waals surface area contributed by atoms with Crippen molar-refractivity contribution in [2.45, 2.75) is 33.4 Å². The molecule has 0 spiro atoms. The average Bonchev–Trinajstić information content (AvgIpc) is 2.34. The lowest BCUT2D eigenvalue weighted by Crippen LogP contribution is -2.48. The molecule has 4 nitrogen and oxygen atoms in total. The second kappa shape index (κ2) is 6.26. The fraction of sp³-hybridized carbons (Fsp3) is 0.500. The molecule has 1 amide bonds. The van der Waals surface area contributed by atoms with Gasteiger partial charge in [0.25, 0.3) is 0 Å². The van der Waals surface area contributed by atoms with Crippen molar-refractivity contribution in [1.82, 2.24) is 5.32 Å². The van der Waals surface area contributed by atoms with E-state index in [1.807, 2.05) is 26.8 Å². The minimum absolute atomic E-state index is 0.167. The van der Waals surface area contributed by atoms with Gasteiger partial charge in [-0.3, -0.25) is 4.79 Å². The van der Waals surface area contributed by atoms with Gasteiger partial charge in [0.1, 0.15) is 5.75 Å². The van der Waals surface area contributed by atoms with Crippen molar-refractivity contribution >= 4 is 17.5 Å². The zero-order valence-corrected chi connectivity index (χ0v) is 12.5. The van der Waals surface area contributed by atoms with Crippen molar-refractivity contribution in [2.24, 2.45) is 11.1 Å². The SMILES string of the molecule is COc1ccc(CNC(=O)[C@@H](N)C(C)(C)C)cc1Cl. The Bertz CT molecular complexity index is 455. The molecule has 0 heterocycles. The Hall–Kier alpha value is -1.26. The highest BCUT2D eigenvalue weighted by atomic mass is 35.5. The zero-order valence-electron chi connectivity index (χ0n) is 11.8. The smallest absolute Gasteiger partial charge is 0.237 e. The summed E-state index contributed by atoms with van der Waals surface area (Å²) in [5.41, 5.74) is 6.52. The lowest BCUT2D eigenvalue weighted by Gasteiger charge is -2.25. The number of hydrogen-bond acceptors (Lipinski definition) is 3. The third kappa shape index (κ3) is 4.40. The van der Waals surface area contributed by atoms with Gasteiger partial charge < -0.3 is 15.8 Å². The summed E-state index contributed by atoms with van der Waals surface area (Å²) in [6.45, 7) is 6.19. The van der Waals surface area contributed by atoms with Crippen LogP contribution in [0, 0.1) is 5.41 Å². The summed E-state index contributed by atoms with van der Waals surface area (Å²) in [6, 6.07) is 4.85. The van der Waals surface area contributed by atoms with E-state index in [1.165, 1.54) is 0 Å². The molecule has 19 heavy (non-hydrogen) atoms. The van der Waals surface area contributed by atoms with Crippen LogP contribution in [0.5, 0.6) is 5.75 Å². The van der Waals surface area contributed by atoms with Crippen LogP contribution in [0.3, 0.4) is 0 Å². The van der Waals surface area contributed by atoms with Crippen molar-refractivity contribution in [1.29, 1.82) is 0 Å². The summed E-state index contributed by atoms with van der Waals surface area (Å²) in [5.74, 6) is 0.447. The molecular formula is C14H21ClN2O2. The van der Waals surface area contributed by atoms with E-state index in [0.29, 0.717) is 17.3 Å². The fourth-order valence-electron chi connectivity index (χ4n) is 1.51. The van der Waals surface area contributed by atoms with Crippen LogP contribution in [-0.2, 0) is 11.3 Å². The van der Waals surface area contributed by atoms with Crippen LogP contribution in [-0.4, -0.2) is 19.1 Å². The standard InChI is InChI=1S/C14H21ClN2O2/c1-14(2,3)12(16)13(18)17-8-9-5-6-11(19-4)10(15)7-9/h5-7,12H,8,16H2,1-4H3,(H,17,18)/t12-/m1/s1. The minimum Gasteiger partial charge on any atom is -0.495 e.